The van der Waals surface area contributed by atoms with E-state index >= 15 is 0 Å². The highest BCUT2D eigenvalue weighted by Crippen LogP contribution is 2.16. The van der Waals surface area contributed by atoms with Crippen molar-refractivity contribution in [2.75, 3.05) is 0 Å². The fourth-order valence-corrected chi connectivity index (χ4v) is 1.60. The van der Waals surface area contributed by atoms with Gasteiger partial charge in [-0.3, -0.25) is 9.67 Å². The lowest BCUT2D eigenvalue weighted by molar-refractivity contribution is 0.675. The van der Waals surface area contributed by atoms with Gasteiger partial charge in [-0.2, -0.15) is 5.10 Å². The number of hydrogen-bond acceptors (Lipinski definition) is 2. The molecule has 2 aromatic rings. The van der Waals surface area contributed by atoms with Gasteiger partial charge in [-0.15, -0.1) is 6.42 Å². The van der Waals surface area contributed by atoms with Crippen molar-refractivity contribution >= 4 is 0 Å². The van der Waals surface area contributed by atoms with Crippen LogP contribution in [-0.4, -0.2) is 14.8 Å². The molecule has 0 atom stereocenters. The zero-order valence-electron chi connectivity index (χ0n) is 9.22. The van der Waals surface area contributed by atoms with Crippen molar-refractivity contribution in [2.24, 2.45) is 0 Å². The summed E-state index contributed by atoms with van der Waals surface area (Å²) in [7, 11) is 0. The Bertz CT molecular complexity index is 506. The van der Waals surface area contributed by atoms with E-state index in [4.69, 9.17) is 6.42 Å². The Balaban J connectivity index is 2.41. The summed E-state index contributed by atoms with van der Waals surface area (Å²) >= 11 is 0. The van der Waals surface area contributed by atoms with Gasteiger partial charge in [0.1, 0.15) is 12.2 Å². The molecule has 0 fully saturated rings. The molecule has 0 amide bonds. The summed E-state index contributed by atoms with van der Waals surface area (Å²) in [6.45, 7) is 2.60. The molecule has 0 aliphatic rings. The average molecular weight is 211 g/mol. The van der Waals surface area contributed by atoms with Crippen molar-refractivity contribution < 1.29 is 0 Å². The molecule has 2 heterocycles. The van der Waals surface area contributed by atoms with Crippen LogP contribution in [-0.2, 0) is 13.0 Å². The van der Waals surface area contributed by atoms with Gasteiger partial charge in [-0.1, -0.05) is 18.9 Å². The van der Waals surface area contributed by atoms with Gasteiger partial charge in [0.05, 0.1) is 5.69 Å². The van der Waals surface area contributed by atoms with Crippen molar-refractivity contribution in [3.63, 3.8) is 0 Å². The first-order valence-corrected chi connectivity index (χ1v) is 5.26. The topological polar surface area (TPSA) is 30.7 Å². The Morgan fingerprint density at radius 1 is 1.38 bits per heavy atom. The average Bonchev–Trinajstić information content (AvgIpc) is 2.74. The van der Waals surface area contributed by atoms with E-state index in [2.05, 4.69) is 22.9 Å². The van der Waals surface area contributed by atoms with Crippen LogP contribution in [0.1, 0.15) is 12.6 Å². The third-order valence-electron chi connectivity index (χ3n) is 2.39. The number of terminal acetylenes is 1. The maximum Gasteiger partial charge on any atom is 0.111 e. The summed E-state index contributed by atoms with van der Waals surface area (Å²) in [6, 6.07) is 7.83. The minimum absolute atomic E-state index is 0.510. The fraction of sp³-hybridized carbons (Fsp3) is 0.231. The van der Waals surface area contributed by atoms with E-state index in [0.717, 1.165) is 23.5 Å². The standard InChI is InChI=1S/C13H13N3/c1-3-9-16-11(4-2)10-13(15-16)12-7-5-6-8-14-12/h1,5-8,10H,4,9H2,2H3. The lowest BCUT2D eigenvalue weighted by atomic mass is 10.2. The summed E-state index contributed by atoms with van der Waals surface area (Å²) in [4.78, 5) is 4.27. The molecule has 0 aliphatic carbocycles. The number of aromatic nitrogens is 3. The second kappa shape index (κ2) is 4.63. The van der Waals surface area contributed by atoms with Crippen molar-refractivity contribution in [3.8, 4) is 23.7 Å². The van der Waals surface area contributed by atoms with E-state index in [9.17, 15) is 0 Å². The van der Waals surface area contributed by atoms with Crippen molar-refractivity contribution in [2.45, 2.75) is 19.9 Å². The summed E-state index contributed by atoms with van der Waals surface area (Å²) in [5.74, 6) is 2.60. The first-order chi connectivity index (χ1) is 7.85. The molecule has 3 heteroatoms. The quantitative estimate of drug-likeness (QED) is 0.728. The Kier molecular flexibility index (Phi) is 3.02. The molecule has 0 radical (unpaired) electrons. The molecule has 0 unspecified atom stereocenters. The van der Waals surface area contributed by atoms with Crippen molar-refractivity contribution in [1.82, 2.24) is 14.8 Å². The highest BCUT2D eigenvalue weighted by atomic mass is 15.3. The van der Waals surface area contributed by atoms with E-state index in [1.165, 1.54) is 0 Å². The molecule has 80 valence electrons. The van der Waals surface area contributed by atoms with E-state index in [1.54, 1.807) is 6.20 Å². The van der Waals surface area contributed by atoms with Gasteiger partial charge < -0.3 is 0 Å². The van der Waals surface area contributed by atoms with Crippen LogP contribution in [0.5, 0.6) is 0 Å². The Hall–Kier alpha value is -2.08. The van der Waals surface area contributed by atoms with E-state index in [1.807, 2.05) is 28.9 Å². The first kappa shape index (κ1) is 10.4. The highest BCUT2D eigenvalue weighted by molar-refractivity contribution is 5.53. The van der Waals surface area contributed by atoms with Gasteiger partial charge in [-0.25, -0.2) is 0 Å². The Morgan fingerprint density at radius 2 is 2.25 bits per heavy atom. The number of pyridine rings is 1. The molecular weight excluding hydrogens is 198 g/mol. The zero-order valence-corrected chi connectivity index (χ0v) is 9.22. The molecule has 16 heavy (non-hydrogen) atoms. The third kappa shape index (κ3) is 1.96. The molecule has 0 saturated carbocycles. The molecule has 0 spiro atoms. The minimum atomic E-state index is 0.510. The molecule has 0 bridgehead atoms. The van der Waals surface area contributed by atoms with E-state index < -0.39 is 0 Å². The van der Waals surface area contributed by atoms with Crippen LogP contribution in [0.4, 0.5) is 0 Å². The van der Waals surface area contributed by atoms with Crippen LogP contribution in [0.15, 0.2) is 30.5 Å². The molecular formula is C13H13N3. The maximum atomic E-state index is 5.31. The monoisotopic (exact) mass is 211 g/mol. The lowest BCUT2D eigenvalue weighted by Crippen LogP contribution is -2.02. The van der Waals surface area contributed by atoms with Crippen LogP contribution in [0, 0.1) is 12.3 Å². The van der Waals surface area contributed by atoms with Crippen LogP contribution >= 0.6 is 0 Å². The summed E-state index contributed by atoms with van der Waals surface area (Å²) in [5.41, 5.74) is 2.90. The SMILES string of the molecule is C#CCn1nc(-c2ccccn2)cc1CC. The molecule has 2 aromatic heterocycles. The third-order valence-corrected chi connectivity index (χ3v) is 2.39. The molecule has 3 nitrogen and oxygen atoms in total. The predicted molar refractivity (Wildman–Crippen MR) is 63.7 cm³/mol. The predicted octanol–water partition coefficient (Wildman–Crippen LogP) is 2.14. The summed E-state index contributed by atoms with van der Waals surface area (Å²) in [5, 5.41) is 4.45. The molecule has 0 saturated heterocycles. The number of aryl methyl sites for hydroxylation is 1. The van der Waals surface area contributed by atoms with Gasteiger partial charge in [0.25, 0.3) is 0 Å². The molecule has 0 aliphatic heterocycles. The smallest absolute Gasteiger partial charge is 0.111 e. The van der Waals surface area contributed by atoms with E-state index in [0.29, 0.717) is 6.54 Å². The Morgan fingerprint density at radius 3 is 2.88 bits per heavy atom. The molecule has 0 N–H and O–H groups in total. The number of hydrogen-bond donors (Lipinski definition) is 0. The second-order valence-electron chi connectivity index (χ2n) is 3.45. The number of rotatable bonds is 3. The van der Waals surface area contributed by atoms with Gasteiger partial charge in [-0.05, 0) is 24.6 Å². The Labute approximate surface area is 95.1 Å². The minimum Gasteiger partial charge on any atom is -0.257 e. The second-order valence-corrected chi connectivity index (χ2v) is 3.45. The van der Waals surface area contributed by atoms with Crippen LogP contribution in [0.2, 0.25) is 0 Å². The van der Waals surface area contributed by atoms with Gasteiger partial charge in [0, 0.05) is 11.9 Å². The van der Waals surface area contributed by atoms with Crippen molar-refractivity contribution in [3.05, 3.63) is 36.2 Å². The summed E-state index contributed by atoms with van der Waals surface area (Å²) < 4.78 is 1.85. The van der Waals surface area contributed by atoms with Crippen LogP contribution in [0.3, 0.4) is 0 Å². The normalized spacial score (nSPS) is 10.0. The van der Waals surface area contributed by atoms with E-state index in [-0.39, 0.29) is 0 Å². The van der Waals surface area contributed by atoms with Gasteiger partial charge in [0.15, 0.2) is 0 Å². The molecule has 0 aromatic carbocycles. The number of nitrogens with zero attached hydrogens (tertiary/aromatic N) is 3. The van der Waals surface area contributed by atoms with Crippen LogP contribution in [0.25, 0.3) is 11.4 Å². The maximum absolute atomic E-state index is 5.31. The fourth-order valence-electron chi connectivity index (χ4n) is 1.60. The lowest BCUT2D eigenvalue weighted by Gasteiger charge is -1.98. The van der Waals surface area contributed by atoms with Crippen molar-refractivity contribution in [1.29, 1.82) is 0 Å². The largest absolute Gasteiger partial charge is 0.257 e. The molecule has 2 rings (SSSR count). The first-order valence-electron chi connectivity index (χ1n) is 5.26. The van der Waals surface area contributed by atoms with Gasteiger partial charge in [0.2, 0.25) is 0 Å². The highest BCUT2D eigenvalue weighted by Gasteiger charge is 2.07. The zero-order chi connectivity index (χ0) is 11.4. The van der Waals surface area contributed by atoms with Crippen LogP contribution < -0.4 is 0 Å². The summed E-state index contributed by atoms with van der Waals surface area (Å²) in [6.07, 6.45) is 7.99. The van der Waals surface area contributed by atoms with Gasteiger partial charge >= 0.3 is 0 Å².